The monoisotopic (exact) mass is 387 g/mol. The number of nitrogens with zero attached hydrogens (tertiary/aromatic N) is 1. The molecule has 6 nitrogen and oxygen atoms in total. The lowest BCUT2D eigenvalue weighted by Gasteiger charge is -2.08. The second-order valence-electron chi connectivity index (χ2n) is 5.29. The van der Waals surface area contributed by atoms with Crippen LogP contribution >= 0.6 is 23.1 Å². The Bertz CT molecular complexity index is 912. The number of nitrogens with one attached hydrogen (secondary N) is 2. The van der Waals surface area contributed by atoms with E-state index in [1.54, 1.807) is 41.3 Å². The fourth-order valence-electron chi connectivity index (χ4n) is 2.17. The summed E-state index contributed by atoms with van der Waals surface area (Å²) in [6.07, 6.45) is 1.98. The van der Waals surface area contributed by atoms with Gasteiger partial charge in [-0.25, -0.2) is 4.98 Å². The molecule has 0 aliphatic heterocycles. The number of benzene rings is 2. The molecule has 26 heavy (non-hydrogen) atoms. The largest absolute Gasteiger partial charge is 0.484 e. The number of thioether (sulfide) groups is 1. The zero-order valence-electron chi connectivity index (χ0n) is 14.0. The molecule has 2 N–H and O–H groups in total. The number of fused-ring (bicyclic) bond motifs is 1. The summed E-state index contributed by atoms with van der Waals surface area (Å²) >= 11 is 3.16. The second kappa shape index (κ2) is 8.68. The first-order valence-electron chi connectivity index (χ1n) is 7.83. The van der Waals surface area contributed by atoms with E-state index in [-0.39, 0.29) is 25.0 Å². The van der Waals surface area contributed by atoms with Crippen molar-refractivity contribution in [2.45, 2.75) is 4.34 Å². The van der Waals surface area contributed by atoms with Gasteiger partial charge >= 0.3 is 0 Å². The van der Waals surface area contributed by atoms with Gasteiger partial charge in [-0.15, -0.1) is 11.3 Å². The van der Waals surface area contributed by atoms with Crippen molar-refractivity contribution in [2.24, 2.45) is 0 Å². The van der Waals surface area contributed by atoms with Gasteiger partial charge in [0.25, 0.3) is 5.91 Å². The van der Waals surface area contributed by atoms with E-state index < -0.39 is 0 Å². The van der Waals surface area contributed by atoms with Crippen molar-refractivity contribution in [1.29, 1.82) is 0 Å². The molecule has 0 aliphatic carbocycles. The molecule has 0 unspecified atom stereocenters. The molecular weight excluding hydrogens is 370 g/mol. The predicted molar refractivity (Wildman–Crippen MR) is 105 cm³/mol. The Kier molecular flexibility index (Phi) is 6.08. The van der Waals surface area contributed by atoms with Crippen LogP contribution in [0.4, 0.5) is 5.69 Å². The van der Waals surface area contributed by atoms with Crippen LogP contribution in [-0.2, 0) is 9.59 Å². The van der Waals surface area contributed by atoms with E-state index in [1.807, 2.05) is 36.6 Å². The maximum Gasteiger partial charge on any atom is 0.258 e. The number of rotatable bonds is 7. The van der Waals surface area contributed by atoms with Crippen LogP contribution < -0.4 is 15.4 Å². The predicted octanol–water partition coefficient (Wildman–Crippen LogP) is 3.15. The topological polar surface area (TPSA) is 80.3 Å². The summed E-state index contributed by atoms with van der Waals surface area (Å²) in [6, 6.07) is 14.6. The Morgan fingerprint density at radius 2 is 1.96 bits per heavy atom. The van der Waals surface area contributed by atoms with E-state index in [0.717, 1.165) is 14.6 Å². The van der Waals surface area contributed by atoms with Crippen LogP contribution in [0.15, 0.2) is 52.9 Å². The zero-order chi connectivity index (χ0) is 18.4. The quantitative estimate of drug-likeness (QED) is 0.609. The normalized spacial score (nSPS) is 10.5. The molecule has 8 heteroatoms. The van der Waals surface area contributed by atoms with E-state index >= 15 is 0 Å². The number of carbonyl (C=O) groups is 2. The number of aromatic nitrogens is 1. The van der Waals surface area contributed by atoms with Gasteiger partial charge in [-0.3, -0.25) is 9.59 Å². The Balaban J connectivity index is 1.47. The van der Waals surface area contributed by atoms with Crippen LogP contribution in [-0.4, -0.2) is 36.2 Å². The molecule has 134 valence electrons. The minimum absolute atomic E-state index is 0.117. The number of amides is 2. The smallest absolute Gasteiger partial charge is 0.258 e. The van der Waals surface area contributed by atoms with Gasteiger partial charge in [-0.05, 0) is 36.6 Å². The molecule has 0 aliphatic rings. The fourth-order valence-corrected chi connectivity index (χ4v) is 3.70. The Labute approximate surface area is 159 Å². The molecular formula is C18H17N3O3S2. The van der Waals surface area contributed by atoms with Crippen LogP contribution in [0.25, 0.3) is 10.2 Å². The highest BCUT2D eigenvalue weighted by atomic mass is 32.2. The number of hydrogen-bond acceptors (Lipinski definition) is 6. The maximum absolute atomic E-state index is 12.0. The molecule has 3 rings (SSSR count). The summed E-state index contributed by atoms with van der Waals surface area (Å²) in [5, 5.41) is 5.30. The number of hydrogen-bond donors (Lipinski definition) is 2. The molecule has 2 aromatic carbocycles. The molecule has 0 bridgehead atoms. The third-order valence-electron chi connectivity index (χ3n) is 3.39. The van der Waals surface area contributed by atoms with Crippen LogP contribution in [0.5, 0.6) is 5.75 Å². The average Bonchev–Trinajstić information content (AvgIpc) is 3.08. The molecule has 3 aromatic rings. The molecule has 2 amide bonds. The second-order valence-corrected chi connectivity index (χ2v) is 7.38. The summed E-state index contributed by atoms with van der Waals surface area (Å²) in [7, 11) is 0. The van der Waals surface area contributed by atoms with E-state index in [9.17, 15) is 9.59 Å². The van der Waals surface area contributed by atoms with Gasteiger partial charge in [0.05, 0.1) is 16.8 Å². The molecule has 0 atom stereocenters. The molecule has 0 saturated carbocycles. The van der Waals surface area contributed by atoms with Crippen molar-refractivity contribution in [3.8, 4) is 5.75 Å². The van der Waals surface area contributed by atoms with Crippen LogP contribution in [0.3, 0.4) is 0 Å². The lowest BCUT2D eigenvalue weighted by molar-refractivity contribution is -0.125. The lowest BCUT2D eigenvalue weighted by atomic mass is 10.3. The minimum atomic E-state index is -0.355. The summed E-state index contributed by atoms with van der Waals surface area (Å²) in [5.41, 5.74) is 1.58. The van der Waals surface area contributed by atoms with E-state index in [4.69, 9.17) is 4.74 Å². The molecule has 1 heterocycles. The first kappa shape index (κ1) is 18.2. The van der Waals surface area contributed by atoms with Gasteiger partial charge in [0.2, 0.25) is 5.91 Å². The summed E-state index contributed by atoms with van der Waals surface area (Å²) in [5.74, 6) is -0.0480. The molecule has 0 saturated heterocycles. The summed E-state index contributed by atoms with van der Waals surface area (Å²) in [6.45, 7) is -0.255. The molecule has 1 aromatic heterocycles. The van der Waals surface area contributed by atoms with Crippen molar-refractivity contribution in [3.63, 3.8) is 0 Å². The highest BCUT2D eigenvalue weighted by Crippen LogP contribution is 2.29. The standard InChI is InChI=1S/C18H17N3O3S2/c1-25-18-21-14-8-7-12(9-15(14)26-18)20-16(22)10-19-17(23)11-24-13-5-3-2-4-6-13/h2-9H,10-11H2,1H3,(H,19,23)(H,20,22). The van der Waals surface area contributed by atoms with E-state index in [0.29, 0.717) is 11.4 Å². The zero-order valence-corrected chi connectivity index (χ0v) is 15.7. The van der Waals surface area contributed by atoms with Gasteiger partial charge in [0, 0.05) is 5.69 Å². The number of ether oxygens (including phenoxy) is 1. The van der Waals surface area contributed by atoms with Crippen molar-refractivity contribution >= 4 is 50.8 Å². The van der Waals surface area contributed by atoms with Gasteiger partial charge in [0.15, 0.2) is 10.9 Å². The van der Waals surface area contributed by atoms with Gasteiger partial charge in [-0.1, -0.05) is 30.0 Å². The Hall–Kier alpha value is -2.58. The average molecular weight is 387 g/mol. The maximum atomic E-state index is 12.0. The van der Waals surface area contributed by atoms with Crippen molar-refractivity contribution < 1.29 is 14.3 Å². The summed E-state index contributed by atoms with van der Waals surface area (Å²) in [4.78, 5) is 28.2. The Morgan fingerprint density at radius 3 is 2.73 bits per heavy atom. The van der Waals surface area contributed by atoms with Gasteiger partial charge in [0.1, 0.15) is 5.75 Å². The Morgan fingerprint density at radius 1 is 1.15 bits per heavy atom. The van der Waals surface area contributed by atoms with Gasteiger partial charge in [-0.2, -0.15) is 0 Å². The highest BCUT2D eigenvalue weighted by molar-refractivity contribution is 8.00. The third-order valence-corrected chi connectivity index (χ3v) is 5.39. The highest BCUT2D eigenvalue weighted by Gasteiger charge is 2.09. The number of para-hydroxylation sites is 1. The van der Waals surface area contributed by atoms with Crippen molar-refractivity contribution in [2.75, 3.05) is 24.7 Å². The minimum Gasteiger partial charge on any atom is -0.484 e. The van der Waals surface area contributed by atoms with E-state index in [2.05, 4.69) is 15.6 Å². The molecule has 0 fully saturated rings. The number of thiazole rings is 1. The fraction of sp³-hybridized carbons (Fsp3) is 0.167. The van der Waals surface area contributed by atoms with Crippen LogP contribution in [0, 0.1) is 0 Å². The molecule has 0 radical (unpaired) electrons. The van der Waals surface area contributed by atoms with Crippen molar-refractivity contribution in [1.82, 2.24) is 10.3 Å². The van der Waals surface area contributed by atoms with Crippen LogP contribution in [0.2, 0.25) is 0 Å². The van der Waals surface area contributed by atoms with Gasteiger partial charge < -0.3 is 15.4 Å². The lowest BCUT2D eigenvalue weighted by Crippen LogP contribution is -2.35. The number of carbonyl (C=O) groups excluding carboxylic acids is 2. The SMILES string of the molecule is CSc1nc2ccc(NC(=O)CNC(=O)COc3ccccc3)cc2s1. The first-order chi connectivity index (χ1) is 12.6. The first-order valence-corrected chi connectivity index (χ1v) is 9.87. The van der Waals surface area contributed by atoms with E-state index in [1.165, 1.54) is 0 Å². The van der Waals surface area contributed by atoms with Crippen molar-refractivity contribution in [3.05, 3.63) is 48.5 Å². The van der Waals surface area contributed by atoms with Crippen LogP contribution in [0.1, 0.15) is 0 Å². The molecule has 0 spiro atoms. The third kappa shape index (κ3) is 4.96. The summed E-state index contributed by atoms with van der Waals surface area (Å²) < 4.78 is 7.32. The number of anilines is 1.